The summed E-state index contributed by atoms with van der Waals surface area (Å²) in [5, 5.41) is 8.71. The Bertz CT molecular complexity index is 642. The molecule has 0 aliphatic rings. The lowest BCUT2D eigenvalue weighted by Crippen LogP contribution is -1.90. The van der Waals surface area contributed by atoms with Crippen molar-refractivity contribution >= 4 is 11.8 Å². The number of hydrogen-bond donors (Lipinski definition) is 1. The minimum absolute atomic E-state index is 0.263. The standard InChI is InChI=1S/C16H12F2OS/c17-14-5-7-16(8-6-14)20-11-13-3-4-15(18)10-12(13)2-1-9-19/h3-8,10,19H,9,11H2. The lowest BCUT2D eigenvalue weighted by atomic mass is 10.1. The lowest BCUT2D eigenvalue weighted by Gasteiger charge is -2.05. The zero-order valence-corrected chi connectivity index (χ0v) is 11.4. The molecule has 0 radical (unpaired) electrons. The Morgan fingerprint density at radius 2 is 1.70 bits per heavy atom. The van der Waals surface area contributed by atoms with Gasteiger partial charge in [0.1, 0.15) is 18.2 Å². The van der Waals surface area contributed by atoms with Crippen LogP contribution in [0.4, 0.5) is 8.78 Å². The summed E-state index contributed by atoms with van der Waals surface area (Å²) in [7, 11) is 0. The van der Waals surface area contributed by atoms with Gasteiger partial charge in [-0.3, -0.25) is 0 Å². The molecule has 0 saturated heterocycles. The largest absolute Gasteiger partial charge is 0.384 e. The van der Waals surface area contributed by atoms with Gasteiger partial charge in [-0.25, -0.2) is 8.78 Å². The van der Waals surface area contributed by atoms with Gasteiger partial charge in [-0.2, -0.15) is 0 Å². The van der Waals surface area contributed by atoms with E-state index < -0.39 is 0 Å². The Labute approximate surface area is 120 Å². The molecule has 0 unspecified atom stereocenters. The van der Waals surface area contributed by atoms with Crippen molar-refractivity contribution in [2.45, 2.75) is 10.6 Å². The molecule has 0 fully saturated rings. The van der Waals surface area contributed by atoms with Crippen LogP contribution in [0.5, 0.6) is 0 Å². The van der Waals surface area contributed by atoms with E-state index in [1.54, 1.807) is 18.2 Å². The summed E-state index contributed by atoms with van der Waals surface area (Å²) in [5.41, 5.74) is 1.44. The Morgan fingerprint density at radius 1 is 1.00 bits per heavy atom. The van der Waals surface area contributed by atoms with Crippen LogP contribution in [0, 0.1) is 23.5 Å². The van der Waals surface area contributed by atoms with Gasteiger partial charge in [0.15, 0.2) is 0 Å². The summed E-state index contributed by atoms with van der Waals surface area (Å²) in [5.74, 6) is 5.22. The van der Waals surface area contributed by atoms with E-state index in [2.05, 4.69) is 11.8 Å². The molecule has 0 saturated carbocycles. The zero-order chi connectivity index (χ0) is 14.4. The molecular weight excluding hydrogens is 278 g/mol. The highest BCUT2D eigenvalue weighted by Crippen LogP contribution is 2.24. The second kappa shape index (κ2) is 7.09. The lowest BCUT2D eigenvalue weighted by molar-refractivity contribution is 0.350. The Balaban J connectivity index is 2.14. The summed E-state index contributed by atoms with van der Waals surface area (Å²) in [6.07, 6.45) is 0. The van der Waals surface area contributed by atoms with Crippen LogP contribution in [0.1, 0.15) is 11.1 Å². The second-order valence-electron chi connectivity index (χ2n) is 4.00. The predicted octanol–water partition coefficient (Wildman–Crippen LogP) is 3.60. The van der Waals surface area contributed by atoms with Crippen molar-refractivity contribution in [3.05, 3.63) is 65.2 Å². The van der Waals surface area contributed by atoms with Crippen molar-refractivity contribution in [3.63, 3.8) is 0 Å². The van der Waals surface area contributed by atoms with Crippen molar-refractivity contribution < 1.29 is 13.9 Å². The molecule has 1 N–H and O–H groups in total. The van der Waals surface area contributed by atoms with Gasteiger partial charge in [-0.1, -0.05) is 17.9 Å². The molecule has 102 valence electrons. The number of benzene rings is 2. The number of halogens is 2. The molecule has 0 aliphatic heterocycles. The highest BCUT2D eigenvalue weighted by Gasteiger charge is 2.03. The summed E-state index contributed by atoms with van der Waals surface area (Å²) in [4.78, 5) is 0.928. The molecule has 4 heteroatoms. The van der Waals surface area contributed by atoms with Crippen molar-refractivity contribution in [3.8, 4) is 11.8 Å². The number of aliphatic hydroxyl groups excluding tert-OH is 1. The van der Waals surface area contributed by atoms with E-state index in [9.17, 15) is 8.78 Å². The summed E-state index contributed by atoms with van der Waals surface area (Å²) in [6.45, 7) is -0.263. The fourth-order valence-corrected chi connectivity index (χ4v) is 2.52. The van der Waals surface area contributed by atoms with Gasteiger partial charge in [0, 0.05) is 16.2 Å². The summed E-state index contributed by atoms with van der Waals surface area (Å²) < 4.78 is 26.0. The molecule has 0 spiro atoms. The summed E-state index contributed by atoms with van der Waals surface area (Å²) in [6, 6.07) is 10.6. The van der Waals surface area contributed by atoms with E-state index in [0.29, 0.717) is 11.3 Å². The van der Waals surface area contributed by atoms with Crippen molar-refractivity contribution in [2.75, 3.05) is 6.61 Å². The first kappa shape index (κ1) is 14.6. The molecule has 0 atom stereocenters. The van der Waals surface area contributed by atoms with Crippen LogP contribution in [0.15, 0.2) is 47.4 Å². The number of aliphatic hydroxyl groups is 1. The zero-order valence-electron chi connectivity index (χ0n) is 10.6. The van der Waals surface area contributed by atoms with Crippen molar-refractivity contribution in [1.82, 2.24) is 0 Å². The van der Waals surface area contributed by atoms with Crippen LogP contribution in [0.2, 0.25) is 0 Å². The molecular formula is C16H12F2OS. The maximum absolute atomic E-state index is 13.2. The second-order valence-corrected chi connectivity index (χ2v) is 5.05. The molecule has 0 aromatic heterocycles. The van der Waals surface area contributed by atoms with Gasteiger partial charge >= 0.3 is 0 Å². The maximum atomic E-state index is 13.2. The van der Waals surface area contributed by atoms with E-state index in [1.807, 2.05) is 0 Å². The fourth-order valence-electron chi connectivity index (χ4n) is 1.62. The molecule has 0 bridgehead atoms. The van der Waals surface area contributed by atoms with Crippen LogP contribution < -0.4 is 0 Å². The third-order valence-corrected chi connectivity index (χ3v) is 3.64. The van der Waals surface area contributed by atoms with Crippen LogP contribution in [0.3, 0.4) is 0 Å². The minimum Gasteiger partial charge on any atom is -0.384 e. The quantitative estimate of drug-likeness (QED) is 0.688. The molecule has 20 heavy (non-hydrogen) atoms. The smallest absolute Gasteiger partial charge is 0.124 e. The van der Waals surface area contributed by atoms with Gasteiger partial charge in [0.05, 0.1) is 0 Å². The molecule has 0 aliphatic carbocycles. The van der Waals surface area contributed by atoms with E-state index in [4.69, 9.17) is 5.11 Å². The molecule has 0 amide bonds. The maximum Gasteiger partial charge on any atom is 0.124 e. The molecule has 1 nitrogen and oxygen atoms in total. The van der Waals surface area contributed by atoms with E-state index in [-0.39, 0.29) is 18.2 Å². The monoisotopic (exact) mass is 290 g/mol. The molecule has 0 heterocycles. The third kappa shape index (κ3) is 4.09. The first-order valence-electron chi connectivity index (χ1n) is 5.95. The average molecular weight is 290 g/mol. The Morgan fingerprint density at radius 3 is 2.40 bits per heavy atom. The molecule has 2 aromatic rings. The molecule has 2 rings (SSSR count). The first-order valence-corrected chi connectivity index (χ1v) is 6.94. The van der Waals surface area contributed by atoms with E-state index >= 15 is 0 Å². The van der Waals surface area contributed by atoms with Gasteiger partial charge in [0.2, 0.25) is 0 Å². The Hall–Kier alpha value is -1.83. The Kier molecular flexibility index (Phi) is 5.16. The average Bonchev–Trinajstić information content (AvgIpc) is 2.46. The topological polar surface area (TPSA) is 20.2 Å². The fraction of sp³-hybridized carbons (Fsp3) is 0.125. The van der Waals surface area contributed by atoms with Crippen molar-refractivity contribution in [2.24, 2.45) is 0 Å². The number of rotatable bonds is 3. The summed E-state index contributed by atoms with van der Waals surface area (Å²) >= 11 is 1.52. The SMILES string of the molecule is OCC#Cc1cc(F)ccc1CSc1ccc(F)cc1. The van der Waals surface area contributed by atoms with Crippen LogP contribution in [-0.4, -0.2) is 11.7 Å². The normalized spacial score (nSPS) is 9.95. The highest BCUT2D eigenvalue weighted by atomic mass is 32.2. The molecule has 2 aromatic carbocycles. The van der Waals surface area contributed by atoms with Gasteiger partial charge in [0.25, 0.3) is 0 Å². The minimum atomic E-state index is -0.359. The van der Waals surface area contributed by atoms with E-state index in [0.717, 1.165) is 10.5 Å². The van der Waals surface area contributed by atoms with Crippen LogP contribution in [0.25, 0.3) is 0 Å². The van der Waals surface area contributed by atoms with Gasteiger partial charge in [-0.15, -0.1) is 11.8 Å². The highest BCUT2D eigenvalue weighted by molar-refractivity contribution is 7.98. The number of thioether (sulfide) groups is 1. The van der Waals surface area contributed by atoms with E-state index in [1.165, 1.54) is 36.0 Å². The third-order valence-electron chi connectivity index (χ3n) is 2.58. The predicted molar refractivity (Wildman–Crippen MR) is 76.3 cm³/mol. The first-order chi connectivity index (χ1) is 9.69. The van der Waals surface area contributed by atoms with Gasteiger partial charge < -0.3 is 5.11 Å². The van der Waals surface area contributed by atoms with Gasteiger partial charge in [-0.05, 0) is 42.0 Å². The van der Waals surface area contributed by atoms with Crippen molar-refractivity contribution in [1.29, 1.82) is 0 Å². The number of hydrogen-bond acceptors (Lipinski definition) is 2. The van der Waals surface area contributed by atoms with Crippen LogP contribution in [-0.2, 0) is 5.75 Å². The van der Waals surface area contributed by atoms with Crippen LogP contribution >= 0.6 is 11.8 Å².